The lowest BCUT2D eigenvalue weighted by Gasteiger charge is -2.26. The smallest absolute Gasteiger partial charge is 0.264 e. The lowest BCUT2D eigenvalue weighted by Crippen LogP contribution is -2.38. The summed E-state index contributed by atoms with van der Waals surface area (Å²) >= 11 is 0. The Morgan fingerprint density at radius 1 is 0.971 bits per heavy atom. The number of aryl methyl sites for hydroxylation is 1. The predicted octanol–water partition coefficient (Wildman–Crippen LogP) is 4.21. The van der Waals surface area contributed by atoms with Crippen molar-refractivity contribution in [2.45, 2.75) is 31.1 Å². The van der Waals surface area contributed by atoms with E-state index in [4.69, 9.17) is 0 Å². The average molecular weight is 478 g/mol. The summed E-state index contributed by atoms with van der Waals surface area (Å²) in [7, 11) is -3.97. The lowest BCUT2D eigenvalue weighted by atomic mass is 10.1. The Morgan fingerprint density at radius 2 is 1.65 bits per heavy atom. The molecule has 0 bridgehead atoms. The van der Waals surface area contributed by atoms with Crippen LogP contribution in [0.15, 0.2) is 83.8 Å². The van der Waals surface area contributed by atoms with E-state index in [0.29, 0.717) is 30.8 Å². The van der Waals surface area contributed by atoms with Crippen molar-refractivity contribution in [1.82, 2.24) is 0 Å². The van der Waals surface area contributed by atoms with Crippen molar-refractivity contribution in [2.24, 2.45) is 0 Å². The van der Waals surface area contributed by atoms with Crippen LogP contribution in [0.25, 0.3) is 0 Å². The molecular formula is C26H27N3O4S. The van der Waals surface area contributed by atoms with E-state index in [-0.39, 0.29) is 17.3 Å². The molecule has 7 nitrogen and oxygen atoms in total. The van der Waals surface area contributed by atoms with E-state index >= 15 is 0 Å². The van der Waals surface area contributed by atoms with Crippen molar-refractivity contribution in [3.05, 3.63) is 84.4 Å². The summed E-state index contributed by atoms with van der Waals surface area (Å²) in [5.41, 5.74) is 2.62. The van der Waals surface area contributed by atoms with Crippen molar-refractivity contribution in [2.75, 3.05) is 27.6 Å². The molecule has 1 heterocycles. The Morgan fingerprint density at radius 3 is 2.29 bits per heavy atom. The summed E-state index contributed by atoms with van der Waals surface area (Å²) in [6.45, 7) is 2.26. The first-order chi connectivity index (χ1) is 16.4. The van der Waals surface area contributed by atoms with Crippen LogP contribution in [-0.2, 0) is 26.0 Å². The van der Waals surface area contributed by atoms with Gasteiger partial charge in [0.05, 0.1) is 10.6 Å². The fourth-order valence-electron chi connectivity index (χ4n) is 4.05. The molecule has 1 N–H and O–H groups in total. The molecule has 176 valence electrons. The molecule has 0 saturated carbocycles. The van der Waals surface area contributed by atoms with Crippen molar-refractivity contribution in [1.29, 1.82) is 0 Å². The molecule has 0 atom stereocenters. The zero-order valence-electron chi connectivity index (χ0n) is 19.0. The Balaban J connectivity index is 1.58. The second-order valence-corrected chi connectivity index (χ2v) is 9.91. The number of amides is 2. The highest BCUT2D eigenvalue weighted by Gasteiger charge is 2.28. The maximum atomic E-state index is 13.5. The average Bonchev–Trinajstić information content (AvgIpc) is 3.29. The van der Waals surface area contributed by atoms with Gasteiger partial charge in [0.2, 0.25) is 11.8 Å². The Hall–Kier alpha value is -3.65. The first-order valence-corrected chi connectivity index (χ1v) is 12.7. The number of rotatable bonds is 8. The quantitative estimate of drug-likeness (QED) is 0.527. The van der Waals surface area contributed by atoms with Gasteiger partial charge >= 0.3 is 0 Å². The summed E-state index contributed by atoms with van der Waals surface area (Å²) in [4.78, 5) is 26.8. The van der Waals surface area contributed by atoms with Gasteiger partial charge in [-0.3, -0.25) is 13.9 Å². The van der Waals surface area contributed by atoms with Gasteiger partial charge in [0.1, 0.15) is 6.54 Å². The van der Waals surface area contributed by atoms with Gasteiger partial charge in [0.15, 0.2) is 0 Å². The van der Waals surface area contributed by atoms with Crippen LogP contribution in [0.2, 0.25) is 0 Å². The highest BCUT2D eigenvalue weighted by Crippen LogP contribution is 2.28. The van der Waals surface area contributed by atoms with Crippen molar-refractivity contribution >= 4 is 38.9 Å². The summed E-state index contributed by atoms with van der Waals surface area (Å²) in [6, 6.07) is 22.3. The van der Waals surface area contributed by atoms with Crippen molar-refractivity contribution in [3.63, 3.8) is 0 Å². The minimum atomic E-state index is -3.97. The second kappa shape index (κ2) is 10.1. The van der Waals surface area contributed by atoms with Gasteiger partial charge in [0, 0.05) is 24.3 Å². The van der Waals surface area contributed by atoms with Crippen LogP contribution < -0.4 is 14.5 Å². The summed E-state index contributed by atoms with van der Waals surface area (Å²) in [5, 5.41) is 2.78. The molecule has 1 fully saturated rings. The number of sulfonamides is 1. The topological polar surface area (TPSA) is 86.8 Å². The van der Waals surface area contributed by atoms with Crippen molar-refractivity contribution < 1.29 is 18.0 Å². The zero-order valence-corrected chi connectivity index (χ0v) is 19.8. The molecule has 0 aromatic heterocycles. The number of anilines is 3. The van der Waals surface area contributed by atoms with E-state index < -0.39 is 15.9 Å². The summed E-state index contributed by atoms with van der Waals surface area (Å²) in [5.74, 6) is -0.372. The molecule has 0 aliphatic carbocycles. The molecule has 8 heteroatoms. The number of hydrogen-bond acceptors (Lipinski definition) is 4. The van der Waals surface area contributed by atoms with E-state index in [9.17, 15) is 18.0 Å². The SMILES string of the molecule is CCc1ccccc1N(CC(=O)Nc1ccc(N2CCCC2=O)cc1)S(=O)(=O)c1ccccc1. The summed E-state index contributed by atoms with van der Waals surface area (Å²) < 4.78 is 28.2. The number of carbonyl (C=O) groups excluding carboxylic acids is 2. The maximum Gasteiger partial charge on any atom is 0.264 e. The standard InChI is InChI=1S/C26H27N3O4S/c1-2-20-9-6-7-12-24(20)29(34(32,33)23-10-4-3-5-11-23)19-25(30)27-21-14-16-22(17-15-21)28-18-8-13-26(28)31/h3-7,9-12,14-17H,2,8,13,18-19H2,1H3,(H,27,30). The van der Waals surface area contributed by atoms with Gasteiger partial charge < -0.3 is 10.2 Å². The molecule has 3 aromatic rings. The fourth-order valence-corrected chi connectivity index (χ4v) is 5.53. The molecule has 34 heavy (non-hydrogen) atoms. The molecule has 4 rings (SSSR count). The first kappa shape index (κ1) is 23.5. The largest absolute Gasteiger partial charge is 0.325 e. The van der Waals surface area contributed by atoms with Crippen LogP contribution in [-0.4, -0.2) is 33.3 Å². The second-order valence-electron chi connectivity index (χ2n) is 8.05. The highest BCUT2D eigenvalue weighted by molar-refractivity contribution is 7.92. The fraction of sp³-hybridized carbons (Fsp3) is 0.231. The van der Waals surface area contributed by atoms with Crippen LogP contribution in [0, 0.1) is 0 Å². The number of carbonyl (C=O) groups is 2. The Bertz CT molecular complexity index is 1270. The molecule has 1 aliphatic rings. The normalized spacial score (nSPS) is 13.7. The van der Waals surface area contributed by atoms with Crippen LogP contribution in [0.3, 0.4) is 0 Å². The third-order valence-electron chi connectivity index (χ3n) is 5.80. The van der Waals surface area contributed by atoms with Gasteiger partial charge in [-0.05, 0) is 60.9 Å². The predicted molar refractivity (Wildman–Crippen MR) is 133 cm³/mol. The molecule has 1 saturated heterocycles. The molecular weight excluding hydrogens is 450 g/mol. The van der Waals surface area contributed by atoms with E-state index in [0.717, 1.165) is 22.0 Å². The van der Waals surface area contributed by atoms with E-state index in [2.05, 4.69) is 5.32 Å². The Labute approximate surface area is 200 Å². The van der Waals surface area contributed by atoms with E-state index in [1.807, 2.05) is 19.1 Å². The van der Waals surface area contributed by atoms with Crippen LogP contribution in [0.1, 0.15) is 25.3 Å². The zero-order chi connectivity index (χ0) is 24.1. The lowest BCUT2D eigenvalue weighted by molar-refractivity contribution is -0.117. The third kappa shape index (κ3) is 4.97. The van der Waals surface area contributed by atoms with Crippen molar-refractivity contribution in [3.8, 4) is 0 Å². The van der Waals surface area contributed by atoms with Gasteiger partial charge in [-0.15, -0.1) is 0 Å². The molecule has 0 radical (unpaired) electrons. The van der Waals surface area contributed by atoms with Gasteiger partial charge in [0.25, 0.3) is 10.0 Å². The molecule has 0 unspecified atom stereocenters. The minimum Gasteiger partial charge on any atom is -0.325 e. The number of nitrogens with one attached hydrogen (secondary N) is 1. The van der Waals surface area contributed by atoms with Gasteiger partial charge in [-0.2, -0.15) is 0 Å². The maximum absolute atomic E-state index is 13.5. The Kier molecular flexibility index (Phi) is 6.98. The van der Waals surface area contributed by atoms with Crippen LogP contribution in [0.4, 0.5) is 17.1 Å². The van der Waals surface area contributed by atoms with Crippen LogP contribution >= 0.6 is 0 Å². The number of benzene rings is 3. The van der Waals surface area contributed by atoms with E-state index in [1.54, 1.807) is 59.5 Å². The number of nitrogens with zero attached hydrogens (tertiary/aromatic N) is 2. The molecule has 3 aromatic carbocycles. The first-order valence-electron chi connectivity index (χ1n) is 11.3. The molecule has 2 amide bonds. The van der Waals surface area contributed by atoms with Crippen LogP contribution in [0.5, 0.6) is 0 Å². The summed E-state index contributed by atoms with van der Waals surface area (Å²) in [6.07, 6.45) is 2.00. The number of hydrogen-bond donors (Lipinski definition) is 1. The molecule has 1 aliphatic heterocycles. The minimum absolute atomic E-state index is 0.0909. The van der Waals surface area contributed by atoms with Gasteiger partial charge in [-0.1, -0.05) is 43.3 Å². The van der Waals surface area contributed by atoms with Gasteiger partial charge in [-0.25, -0.2) is 8.42 Å². The molecule has 0 spiro atoms. The third-order valence-corrected chi connectivity index (χ3v) is 7.57. The monoisotopic (exact) mass is 477 g/mol. The van der Waals surface area contributed by atoms with E-state index in [1.165, 1.54) is 12.1 Å². The highest BCUT2D eigenvalue weighted by atomic mass is 32.2. The number of para-hydroxylation sites is 1.